The number of primary amides is 1. The van der Waals surface area contributed by atoms with E-state index in [2.05, 4.69) is 93.8 Å². The van der Waals surface area contributed by atoms with E-state index in [-0.39, 0.29) is 30.8 Å². The number of aliphatic carboxylic acids is 1. The lowest BCUT2D eigenvalue weighted by molar-refractivity contribution is -0.143. The van der Waals surface area contributed by atoms with Crippen LogP contribution >= 0.6 is 0 Å². The number of hydrogen-bond acceptors (Lipinski definition) is 20. The first kappa shape index (κ1) is 86.7. The number of hydrogen-bond donors (Lipinski definition) is 16. The number of carbonyl (C=O) groups is 12. The van der Waals surface area contributed by atoms with Crippen LogP contribution in [0.4, 0.5) is 4.39 Å². The summed E-state index contributed by atoms with van der Waals surface area (Å²) in [6.45, 7) is 8.93. The molecule has 4 aromatic carbocycles. The molecule has 590 valence electrons. The smallest absolute Gasteiger partial charge is 0.305 e. The van der Waals surface area contributed by atoms with Crippen molar-refractivity contribution in [1.29, 1.82) is 0 Å². The number of aromatic nitrogens is 6. The molecule has 0 saturated carbocycles. The monoisotopic (exact) mass is 1530 g/mol. The first-order valence-corrected chi connectivity index (χ1v) is 35.5. The first-order valence-electron chi connectivity index (χ1n) is 35.5. The van der Waals surface area contributed by atoms with E-state index in [0.717, 1.165) is 56.0 Å². The second-order valence-corrected chi connectivity index (χ2v) is 26.9. The van der Waals surface area contributed by atoms with Crippen molar-refractivity contribution in [3.8, 4) is 16.9 Å². The SMILES string of the molecule is CCc1cc(OCCCCN=[N+]=[N-])ccc1-c1ccc(C[C@H](NC(=O)[C@H](CC(=O)O)NC(=O)[C@H](C)NC(=O)[C@@H](NC(=O)[C@](C)(Cc2ccccc2F)NC(=O)[C@@H](NC(=O)CNC(=O)[C@H](Cc2nn[nH]n2)NC(=O)C(C)(C)C(=O)NCCc2cnc[nH]2)[C@@H](C)O)[C@@H](C)O)C(=O)N[C@@H](CCCc2ccccc2)C(N)=O)cc1. The highest BCUT2D eigenvalue weighted by Crippen LogP contribution is 2.29. The number of unbranched alkanes of at least 4 members (excludes halogenated alkanes) is 1. The van der Waals surface area contributed by atoms with Crippen LogP contribution in [0, 0.1) is 11.2 Å². The topological polar surface area (TPSA) is 553 Å². The van der Waals surface area contributed by atoms with E-state index in [1.807, 2.05) is 55.5 Å². The highest BCUT2D eigenvalue weighted by atomic mass is 19.1. The van der Waals surface area contributed by atoms with Gasteiger partial charge in [-0.3, -0.25) is 57.5 Å². The van der Waals surface area contributed by atoms with Crippen LogP contribution in [-0.2, 0) is 96.1 Å². The van der Waals surface area contributed by atoms with Gasteiger partial charge in [-0.25, -0.2) is 9.37 Å². The Hall–Kier alpha value is -12.2. The third kappa shape index (κ3) is 26.9. The summed E-state index contributed by atoms with van der Waals surface area (Å²) in [7, 11) is 0. The van der Waals surface area contributed by atoms with Crippen LogP contribution in [-0.4, -0.2) is 203 Å². The number of azide groups is 1. The van der Waals surface area contributed by atoms with E-state index >= 15 is 4.39 Å². The van der Waals surface area contributed by atoms with E-state index < -0.39 is 168 Å². The molecule has 2 aromatic heterocycles. The number of rotatable bonds is 45. The van der Waals surface area contributed by atoms with Crippen molar-refractivity contribution < 1.29 is 82.0 Å². The molecule has 11 amide bonds. The number of carbonyl (C=O) groups excluding carboxylic acids is 11. The second-order valence-electron chi connectivity index (χ2n) is 26.9. The van der Waals surface area contributed by atoms with Gasteiger partial charge in [0, 0.05) is 55.6 Å². The van der Waals surface area contributed by atoms with Crippen LogP contribution in [0.3, 0.4) is 0 Å². The molecule has 37 heteroatoms. The number of carboxylic acid groups (broad SMARTS) is 1. The van der Waals surface area contributed by atoms with Gasteiger partial charge in [0.05, 0.1) is 38.1 Å². The van der Waals surface area contributed by atoms with Gasteiger partial charge in [0.1, 0.15) is 64.8 Å². The summed E-state index contributed by atoms with van der Waals surface area (Å²) in [5, 5.41) is 73.0. The Balaban J connectivity index is 1.15. The van der Waals surface area contributed by atoms with Gasteiger partial charge < -0.3 is 83.9 Å². The summed E-state index contributed by atoms with van der Waals surface area (Å²) in [4.78, 5) is 175. The molecule has 0 radical (unpaired) electrons. The van der Waals surface area contributed by atoms with Crippen LogP contribution in [0.5, 0.6) is 5.75 Å². The number of nitrogens with one attached hydrogen (secondary N) is 12. The molecular formula is C73H95FN20O16. The summed E-state index contributed by atoms with van der Waals surface area (Å²) in [5.41, 5.74) is 14.8. The van der Waals surface area contributed by atoms with E-state index in [1.165, 1.54) is 38.4 Å². The van der Waals surface area contributed by atoms with Gasteiger partial charge in [-0.1, -0.05) is 96.1 Å². The van der Waals surface area contributed by atoms with Gasteiger partial charge in [-0.15, -0.1) is 10.2 Å². The molecule has 0 saturated heterocycles. The minimum Gasteiger partial charge on any atom is -0.494 e. The van der Waals surface area contributed by atoms with E-state index in [1.54, 1.807) is 30.5 Å². The van der Waals surface area contributed by atoms with Gasteiger partial charge in [-0.2, -0.15) is 5.21 Å². The third-order valence-electron chi connectivity index (χ3n) is 17.7. The van der Waals surface area contributed by atoms with Crippen LogP contribution in [0.1, 0.15) is 114 Å². The molecule has 0 unspecified atom stereocenters. The largest absolute Gasteiger partial charge is 0.494 e. The molecule has 0 bridgehead atoms. The van der Waals surface area contributed by atoms with Crippen molar-refractivity contribution in [2.24, 2.45) is 16.3 Å². The Morgan fingerprint density at radius 1 is 0.673 bits per heavy atom. The van der Waals surface area contributed by atoms with Crippen LogP contribution in [0.2, 0.25) is 0 Å². The van der Waals surface area contributed by atoms with Crippen molar-refractivity contribution >= 4 is 70.9 Å². The normalized spacial score (nSPS) is 14.2. The van der Waals surface area contributed by atoms with E-state index in [0.29, 0.717) is 68.7 Å². The second kappa shape index (κ2) is 42.3. The number of aliphatic hydroxyl groups excluding tert-OH is 2. The highest BCUT2D eigenvalue weighted by Gasteiger charge is 2.43. The number of aliphatic hydroxyl groups is 2. The molecule has 0 aliphatic heterocycles. The van der Waals surface area contributed by atoms with Gasteiger partial charge in [0.25, 0.3) is 0 Å². The number of aryl methyl sites for hydroxylation is 2. The fraction of sp³-hybridized carbons (Fsp3) is 0.452. The number of ether oxygens (including phenoxy) is 1. The fourth-order valence-corrected chi connectivity index (χ4v) is 11.3. The van der Waals surface area contributed by atoms with Crippen molar-refractivity contribution in [3.63, 3.8) is 0 Å². The summed E-state index contributed by atoms with van der Waals surface area (Å²) in [6.07, 6.45) is 0.349. The minimum absolute atomic E-state index is 0.0584. The minimum atomic E-state index is -2.36. The van der Waals surface area contributed by atoms with Gasteiger partial charge >= 0.3 is 5.97 Å². The maximum Gasteiger partial charge on any atom is 0.305 e. The molecule has 10 atom stereocenters. The lowest BCUT2D eigenvalue weighted by Crippen LogP contribution is -2.66. The molecule has 0 aliphatic rings. The molecule has 0 spiro atoms. The van der Waals surface area contributed by atoms with Crippen molar-refractivity contribution in [2.75, 3.05) is 26.2 Å². The zero-order valence-electron chi connectivity index (χ0n) is 61.9. The Kier molecular flexibility index (Phi) is 33.4. The average molecular weight is 1530 g/mol. The number of tetrazole rings is 1. The maximum absolute atomic E-state index is 15.5. The first-order chi connectivity index (χ1) is 52.3. The summed E-state index contributed by atoms with van der Waals surface area (Å²) >= 11 is 0. The number of aromatic amines is 2. The highest BCUT2D eigenvalue weighted by molar-refractivity contribution is 6.06. The molecule has 6 aromatic rings. The molecule has 110 heavy (non-hydrogen) atoms. The van der Waals surface area contributed by atoms with E-state index in [4.69, 9.17) is 16.0 Å². The maximum atomic E-state index is 15.5. The Labute approximate surface area is 632 Å². The van der Waals surface area contributed by atoms with Crippen LogP contribution in [0.15, 0.2) is 115 Å². The molecule has 2 heterocycles. The quantitative estimate of drug-likeness (QED) is 0.00805. The molecule has 0 fully saturated rings. The van der Waals surface area contributed by atoms with Crippen molar-refractivity contribution in [3.05, 3.63) is 160 Å². The standard InChI is InChI=1S/C73H95FN20O16/c1-8-46-34-50(110-32-15-14-30-81-92-76)27-28-51(46)47-25-23-45(24-26-47)33-54(65(103)83-53(62(75)100)22-16-19-44-17-10-9-11-18-44)85-66(104)56(36-59(98)99)84-63(101)41(2)82-67(105)60(42(3)95)88-71(109)73(7,37-48-20-12-13-21-52(48)74)89-68(106)61(43(4)96)87-58(97)39-79-64(102)55(35-57-90-93-94-91-57)86-70(108)72(5,6)69(107)78-31-29-49-38-77-40-80-49/h9-13,17-18,20-21,23-28,34,38,40-43,53-56,60-61,95-96H,8,14-16,19,22,29-33,35-37,39H2,1-7H3,(H2,75,100)(H,77,80)(H,78,107)(H,79,102)(H,82,105)(H,83,103)(H,84,101)(H,85,104)(H,86,108)(H,87,97)(H,88,109)(H,89,106)(H,98,99)(H,90,91,93,94)/t41-,42+,43+,53-,54-,55-,56-,60-,61-,73-/m0/s1. The lowest BCUT2D eigenvalue weighted by atomic mass is 9.90. The summed E-state index contributed by atoms with van der Waals surface area (Å²) < 4.78 is 21.4. The van der Waals surface area contributed by atoms with Crippen molar-refractivity contribution in [2.45, 2.75) is 179 Å². The Morgan fingerprint density at radius 2 is 1.34 bits per heavy atom. The van der Waals surface area contributed by atoms with Crippen molar-refractivity contribution in [1.82, 2.24) is 83.8 Å². The van der Waals surface area contributed by atoms with Gasteiger partial charge in [-0.05, 0) is 137 Å². The Morgan fingerprint density at radius 3 is 1.97 bits per heavy atom. The molecule has 0 aliphatic carbocycles. The predicted octanol–water partition coefficient (Wildman–Crippen LogP) is 0.323. The third-order valence-corrected chi connectivity index (χ3v) is 17.7. The van der Waals surface area contributed by atoms with E-state index in [9.17, 15) is 72.9 Å². The zero-order chi connectivity index (χ0) is 80.7. The summed E-state index contributed by atoms with van der Waals surface area (Å²) in [5.74, 6) is -13.6. The predicted molar refractivity (Wildman–Crippen MR) is 394 cm³/mol. The number of halogens is 1. The number of nitrogens with zero attached hydrogens (tertiary/aromatic N) is 7. The number of benzene rings is 4. The number of nitrogens with two attached hydrogens (primary N) is 1. The Bertz CT molecular complexity index is 4180. The van der Waals surface area contributed by atoms with Gasteiger partial charge in [0.2, 0.25) is 65.0 Å². The zero-order valence-corrected chi connectivity index (χ0v) is 61.9. The van der Waals surface area contributed by atoms with Crippen LogP contribution in [0.25, 0.3) is 21.6 Å². The lowest BCUT2D eigenvalue weighted by Gasteiger charge is -2.34. The molecule has 17 N–H and O–H groups in total. The number of H-pyrrole nitrogens is 2. The average Bonchev–Trinajstić information content (AvgIpc) is 1.06. The summed E-state index contributed by atoms with van der Waals surface area (Å²) in [6, 6.07) is 15.1. The number of carboxylic acids is 1. The molecule has 36 nitrogen and oxygen atoms in total. The molecule has 6 rings (SSSR count). The molecular weight excluding hydrogens is 1430 g/mol. The number of amides is 11. The number of imidazole rings is 1. The fourth-order valence-electron chi connectivity index (χ4n) is 11.3. The van der Waals surface area contributed by atoms with Crippen LogP contribution < -0.4 is 63.6 Å². The van der Waals surface area contributed by atoms with Gasteiger partial charge in [0.15, 0.2) is 5.82 Å².